The summed E-state index contributed by atoms with van der Waals surface area (Å²) in [7, 11) is 1.58. The maximum atomic E-state index is 13.4. The molecule has 2 aromatic carbocycles. The average Bonchev–Trinajstić information content (AvgIpc) is 3.17. The highest BCUT2D eigenvalue weighted by Gasteiger charge is 2.38. The molecule has 4 rings (SSSR count). The van der Waals surface area contributed by atoms with Crippen molar-refractivity contribution in [3.05, 3.63) is 63.9 Å². The molecular weight excluding hydrogens is 434 g/mol. The summed E-state index contributed by atoms with van der Waals surface area (Å²) >= 11 is 7.78. The van der Waals surface area contributed by atoms with Gasteiger partial charge in [0.25, 0.3) is 0 Å². The van der Waals surface area contributed by atoms with Gasteiger partial charge in [-0.05, 0) is 48.7 Å². The van der Waals surface area contributed by atoms with Crippen molar-refractivity contribution in [2.75, 3.05) is 17.9 Å². The van der Waals surface area contributed by atoms with Crippen LogP contribution in [-0.2, 0) is 11.2 Å². The normalized spacial score (nSPS) is 17.6. The molecule has 0 spiro atoms. The lowest BCUT2D eigenvalue weighted by Gasteiger charge is -2.33. The van der Waals surface area contributed by atoms with Crippen LogP contribution in [0.4, 0.5) is 5.69 Å². The number of anilines is 1. The van der Waals surface area contributed by atoms with Gasteiger partial charge in [0.2, 0.25) is 11.1 Å². The van der Waals surface area contributed by atoms with Gasteiger partial charge in [-0.1, -0.05) is 48.5 Å². The third kappa shape index (κ3) is 4.22. The number of aromatic nitrogens is 3. The zero-order valence-corrected chi connectivity index (χ0v) is 19.3. The quantitative estimate of drug-likeness (QED) is 0.586. The first kappa shape index (κ1) is 21.5. The van der Waals surface area contributed by atoms with Crippen molar-refractivity contribution >= 4 is 35.0 Å². The highest BCUT2D eigenvalue weighted by molar-refractivity contribution is 8.00. The van der Waals surface area contributed by atoms with E-state index in [2.05, 4.69) is 20.9 Å². The lowest BCUT2D eigenvalue weighted by atomic mass is 10.0. The minimum Gasteiger partial charge on any atom is -0.495 e. The molecule has 2 unspecified atom stereocenters. The fourth-order valence-electron chi connectivity index (χ4n) is 3.53. The first-order valence-electron chi connectivity index (χ1n) is 10.00. The predicted octanol–water partition coefficient (Wildman–Crippen LogP) is 4.52. The van der Waals surface area contributed by atoms with E-state index in [4.69, 9.17) is 16.3 Å². The van der Waals surface area contributed by atoms with Gasteiger partial charge in [0.1, 0.15) is 11.0 Å². The van der Waals surface area contributed by atoms with Crippen molar-refractivity contribution in [3.63, 3.8) is 0 Å². The number of hydrogen-bond acceptors (Lipinski definition) is 6. The molecule has 0 radical (unpaired) electrons. The van der Waals surface area contributed by atoms with Crippen molar-refractivity contribution in [3.8, 4) is 5.75 Å². The third-order valence-corrected chi connectivity index (χ3v) is 6.77. The van der Waals surface area contributed by atoms with E-state index in [-0.39, 0.29) is 11.9 Å². The van der Waals surface area contributed by atoms with E-state index < -0.39 is 5.25 Å². The zero-order valence-electron chi connectivity index (χ0n) is 17.8. The molecule has 1 amide bonds. The molecular formula is C22H24ClN5O2S. The first-order chi connectivity index (χ1) is 14.9. The van der Waals surface area contributed by atoms with Gasteiger partial charge < -0.3 is 15.5 Å². The summed E-state index contributed by atoms with van der Waals surface area (Å²) in [6, 6.07) is 11.2. The number of carbonyl (C=O) groups is 1. The maximum absolute atomic E-state index is 13.4. The molecule has 0 saturated heterocycles. The second-order valence-corrected chi connectivity index (χ2v) is 8.95. The first-order valence-corrected chi connectivity index (χ1v) is 11.3. The largest absolute Gasteiger partial charge is 0.495 e. The number of halogens is 1. The number of methoxy groups -OCH3 is 1. The molecule has 1 aliphatic rings. The van der Waals surface area contributed by atoms with Crippen LogP contribution in [0.2, 0.25) is 5.02 Å². The van der Waals surface area contributed by atoms with Crippen LogP contribution in [0.25, 0.3) is 0 Å². The van der Waals surface area contributed by atoms with E-state index >= 15 is 0 Å². The molecule has 0 saturated carbocycles. The second kappa shape index (κ2) is 8.80. The molecule has 0 fully saturated rings. The number of carbonyl (C=O) groups excluding carboxylic acids is 1. The number of fused-ring (bicyclic) bond motifs is 1. The van der Waals surface area contributed by atoms with Crippen LogP contribution < -0.4 is 15.5 Å². The van der Waals surface area contributed by atoms with Gasteiger partial charge in [-0.15, -0.1) is 10.2 Å². The number of nitrogens with zero attached hydrogens (tertiary/aromatic N) is 3. The molecule has 0 bridgehead atoms. The van der Waals surface area contributed by atoms with Gasteiger partial charge in [0, 0.05) is 12.1 Å². The van der Waals surface area contributed by atoms with Crippen LogP contribution in [0, 0.1) is 13.8 Å². The molecule has 1 aliphatic heterocycles. The Labute approximate surface area is 190 Å². The fraction of sp³-hybridized carbons (Fsp3) is 0.318. The third-order valence-electron chi connectivity index (χ3n) is 5.26. The van der Waals surface area contributed by atoms with Crippen molar-refractivity contribution in [2.24, 2.45) is 0 Å². The Kier molecular flexibility index (Phi) is 6.11. The molecule has 7 nitrogen and oxygen atoms in total. The van der Waals surface area contributed by atoms with Crippen LogP contribution in [0.5, 0.6) is 5.75 Å². The summed E-state index contributed by atoms with van der Waals surface area (Å²) in [5.41, 5.74) is 7.20. The van der Waals surface area contributed by atoms with Crippen molar-refractivity contribution in [2.45, 2.75) is 43.6 Å². The maximum Gasteiger partial charge on any atom is 0.240 e. The van der Waals surface area contributed by atoms with Crippen molar-refractivity contribution in [1.82, 2.24) is 14.9 Å². The Bertz CT molecular complexity index is 1130. The molecule has 0 aliphatic carbocycles. The van der Waals surface area contributed by atoms with Crippen molar-refractivity contribution in [1.29, 1.82) is 0 Å². The van der Waals surface area contributed by atoms with Crippen LogP contribution in [0.1, 0.15) is 35.5 Å². The summed E-state index contributed by atoms with van der Waals surface area (Å²) in [6.45, 7) is 6.00. The predicted molar refractivity (Wildman–Crippen MR) is 124 cm³/mol. The second-order valence-electron chi connectivity index (χ2n) is 7.43. The Morgan fingerprint density at radius 2 is 2.06 bits per heavy atom. The molecule has 2 heterocycles. The summed E-state index contributed by atoms with van der Waals surface area (Å²) in [4.78, 5) is 13.4. The lowest BCUT2D eigenvalue weighted by molar-refractivity contribution is -0.116. The molecule has 9 heteroatoms. The smallest absolute Gasteiger partial charge is 0.240 e. The molecule has 1 aromatic heterocycles. The van der Waals surface area contributed by atoms with Crippen LogP contribution >= 0.6 is 23.4 Å². The van der Waals surface area contributed by atoms with Crippen LogP contribution in [0.3, 0.4) is 0 Å². The number of amides is 1. The van der Waals surface area contributed by atoms with E-state index in [1.807, 2.05) is 61.8 Å². The molecule has 2 atom stereocenters. The Balaban J connectivity index is 1.71. The van der Waals surface area contributed by atoms with Gasteiger partial charge in [-0.25, -0.2) is 4.68 Å². The number of benzene rings is 2. The van der Waals surface area contributed by atoms with Crippen molar-refractivity contribution < 1.29 is 9.53 Å². The number of nitrogens with one attached hydrogen (secondary N) is 2. The number of rotatable bonds is 5. The van der Waals surface area contributed by atoms with Gasteiger partial charge in [-0.3, -0.25) is 4.79 Å². The highest BCUT2D eigenvalue weighted by atomic mass is 35.5. The summed E-state index contributed by atoms with van der Waals surface area (Å²) in [5.74, 6) is 1.28. The van der Waals surface area contributed by atoms with E-state index in [9.17, 15) is 4.79 Å². The fourth-order valence-corrected chi connectivity index (χ4v) is 4.89. The number of aryl methyl sites for hydroxylation is 3. The van der Waals surface area contributed by atoms with Gasteiger partial charge in [0.05, 0.1) is 18.2 Å². The lowest BCUT2D eigenvalue weighted by Crippen LogP contribution is -2.41. The molecule has 162 valence electrons. The standard InChI is InChI=1S/C22H24ClN5O2S/c1-5-18-25-26-22-28(18)27-19(14-8-9-17(30-4)15(23)11-14)20(31-22)21(29)24-16-10-12(2)6-7-13(16)3/h6-11,19-20,27H,5H2,1-4H3,(H,24,29). The minimum absolute atomic E-state index is 0.115. The number of thioether (sulfide) groups is 1. The molecule has 2 N–H and O–H groups in total. The summed E-state index contributed by atoms with van der Waals surface area (Å²) in [6.07, 6.45) is 0.718. The van der Waals surface area contributed by atoms with Gasteiger partial charge in [-0.2, -0.15) is 0 Å². The van der Waals surface area contributed by atoms with Crippen LogP contribution in [0.15, 0.2) is 41.6 Å². The molecule has 31 heavy (non-hydrogen) atoms. The number of ether oxygens (including phenoxy) is 1. The Morgan fingerprint density at radius 3 is 2.77 bits per heavy atom. The van der Waals surface area contributed by atoms with E-state index in [1.54, 1.807) is 7.11 Å². The Hall–Kier alpha value is -2.71. The topological polar surface area (TPSA) is 81.1 Å². The Morgan fingerprint density at radius 1 is 1.26 bits per heavy atom. The average molecular weight is 458 g/mol. The number of hydrogen-bond donors (Lipinski definition) is 2. The summed E-state index contributed by atoms with van der Waals surface area (Å²) < 4.78 is 7.14. The highest BCUT2D eigenvalue weighted by Crippen LogP contribution is 2.39. The SMILES string of the molecule is CCc1nnc2n1NC(c1ccc(OC)c(Cl)c1)C(C(=O)Nc1cc(C)ccc1C)S2. The van der Waals surface area contributed by atoms with E-state index in [1.165, 1.54) is 11.8 Å². The van der Waals surface area contributed by atoms with E-state index in [0.29, 0.717) is 15.9 Å². The van der Waals surface area contributed by atoms with Gasteiger partial charge in [0.15, 0.2) is 5.82 Å². The summed E-state index contributed by atoms with van der Waals surface area (Å²) in [5, 5.41) is 12.3. The van der Waals surface area contributed by atoms with E-state index in [0.717, 1.165) is 34.6 Å². The van der Waals surface area contributed by atoms with Crippen LogP contribution in [-0.4, -0.2) is 33.1 Å². The minimum atomic E-state index is -0.481. The monoisotopic (exact) mass is 457 g/mol. The van der Waals surface area contributed by atoms with Gasteiger partial charge >= 0.3 is 0 Å². The zero-order chi connectivity index (χ0) is 22.1. The molecule has 3 aromatic rings.